The predicted octanol–water partition coefficient (Wildman–Crippen LogP) is 3.37. The minimum atomic E-state index is -0.358. The van der Waals surface area contributed by atoms with Gasteiger partial charge >= 0.3 is 5.63 Å². The smallest absolute Gasteiger partial charge is 0.344 e. The molecule has 0 saturated heterocycles. The summed E-state index contributed by atoms with van der Waals surface area (Å²) in [5, 5.41) is 19.9. The van der Waals surface area contributed by atoms with Gasteiger partial charge in [-0.15, -0.1) is 20.4 Å². The van der Waals surface area contributed by atoms with Crippen LogP contribution in [0.2, 0.25) is 0 Å². The first-order chi connectivity index (χ1) is 13.7. The van der Waals surface area contributed by atoms with Crippen molar-refractivity contribution < 1.29 is 4.42 Å². The number of benzene rings is 2. The summed E-state index contributed by atoms with van der Waals surface area (Å²) in [6.45, 7) is 2.91. The number of hydrogen-bond acceptors (Lipinski definition) is 7. The minimum absolute atomic E-state index is 0.358. The molecule has 2 aromatic carbocycles. The summed E-state index contributed by atoms with van der Waals surface area (Å²) in [7, 11) is 0. The van der Waals surface area contributed by atoms with Crippen LogP contribution in [0.4, 0.5) is 5.69 Å². The summed E-state index contributed by atoms with van der Waals surface area (Å²) in [5.74, 6) is 0.410. The van der Waals surface area contributed by atoms with Crippen LogP contribution in [0.25, 0.3) is 33.5 Å². The lowest BCUT2D eigenvalue weighted by Gasteiger charge is -2.19. The second-order valence-electron chi connectivity index (χ2n) is 6.88. The largest absolute Gasteiger partial charge is 0.422 e. The SMILES string of the molecule is Cc1c(-c2cccc(-c3nncnn3)c2)c(=O)oc2cc3c(cc12)CCCN3. The predicted molar refractivity (Wildman–Crippen MR) is 106 cm³/mol. The molecule has 28 heavy (non-hydrogen) atoms. The number of aryl methyl sites for hydroxylation is 2. The average Bonchev–Trinajstić information content (AvgIpc) is 2.73. The molecular formula is C21H17N5O2. The van der Waals surface area contributed by atoms with Crippen LogP contribution in [0.5, 0.6) is 0 Å². The lowest BCUT2D eigenvalue weighted by molar-refractivity contribution is 0.562. The van der Waals surface area contributed by atoms with E-state index < -0.39 is 0 Å². The molecule has 0 amide bonds. The minimum Gasteiger partial charge on any atom is -0.422 e. The fourth-order valence-electron chi connectivity index (χ4n) is 3.78. The number of nitrogens with one attached hydrogen (secondary N) is 1. The fraction of sp³-hybridized carbons (Fsp3) is 0.190. The van der Waals surface area contributed by atoms with Gasteiger partial charge in [0, 0.05) is 29.2 Å². The van der Waals surface area contributed by atoms with Gasteiger partial charge in [0.05, 0.1) is 5.56 Å². The molecule has 1 N–H and O–H groups in total. The third-order valence-corrected chi connectivity index (χ3v) is 5.15. The van der Waals surface area contributed by atoms with Gasteiger partial charge in [-0.3, -0.25) is 0 Å². The number of anilines is 1. The molecule has 0 bridgehead atoms. The van der Waals surface area contributed by atoms with Gasteiger partial charge in [-0.2, -0.15) is 0 Å². The second kappa shape index (κ2) is 6.53. The third-order valence-electron chi connectivity index (χ3n) is 5.15. The molecular weight excluding hydrogens is 354 g/mol. The zero-order valence-electron chi connectivity index (χ0n) is 15.3. The van der Waals surface area contributed by atoms with Crippen molar-refractivity contribution in [1.29, 1.82) is 0 Å². The Morgan fingerprint density at radius 2 is 1.89 bits per heavy atom. The highest BCUT2D eigenvalue weighted by molar-refractivity contribution is 5.90. The molecule has 1 aliphatic rings. The van der Waals surface area contributed by atoms with Gasteiger partial charge < -0.3 is 9.73 Å². The van der Waals surface area contributed by atoms with Crippen molar-refractivity contribution in [2.75, 3.05) is 11.9 Å². The Morgan fingerprint density at radius 1 is 1.07 bits per heavy atom. The standard InChI is InChI=1S/C21H17N5O2/c1-12-16-9-13-6-3-7-22-17(13)10-18(16)28-21(27)19(12)14-4-2-5-15(8-14)20-25-23-11-24-26-20/h2,4-5,8-11,22H,3,6-7H2,1H3. The van der Waals surface area contributed by atoms with E-state index in [0.717, 1.165) is 47.2 Å². The lowest BCUT2D eigenvalue weighted by Crippen LogP contribution is -2.12. The van der Waals surface area contributed by atoms with Gasteiger partial charge in [0.1, 0.15) is 5.58 Å². The number of aromatic nitrogens is 4. The highest BCUT2D eigenvalue weighted by atomic mass is 16.4. The molecule has 4 aromatic rings. The molecule has 0 unspecified atom stereocenters. The molecule has 0 spiro atoms. The van der Waals surface area contributed by atoms with Crippen molar-refractivity contribution in [2.45, 2.75) is 19.8 Å². The Kier molecular flexibility index (Phi) is 3.86. The first-order valence-electron chi connectivity index (χ1n) is 9.16. The molecule has 7 heteroatoms. The van der Waals surface area contributed by atoms with Crippen LogP contribution in [0, 0.1) is 6.92 Å². The fourth-order valence-corrected chi connectivity index (χ4v) is 3.78. The molecule has 0 atom stereocenters. The second-order valence-corrected chi connectivity index (χ2v) is 6.88. The van der Waals surface area contributed by atoms with Crippen molar-refractivity contribution in [1.82, 2.24) is 20.4 Å². The van der Waals surface area contributed by atoms with Gasteiger partial charge in [-0.05, 0) is 48.6 Å². The highest BCUT2D eigenvalue weighted by Crippen LogP contribution is 2.33. The molecule has 138 valence electrons. The molecule has 3 heterocycles. The Morgan fingerprint density at radius 3 is 2.75 bits per heavy atom. The molecule has 2 aromatic heterocycles. The topological polar surface area (TPSA) is 93.8 Å². The summed E-state index contributed by atoms with van der Waals surface area (Å²) in [5.41, 5.74) is 5.51. The number of hydrogen-bond donors (Lipinski definition) is 1. The summed E-state index contributed by atoms with van der Waals surface area (Å²) >= 11 is 0. The zero-order chi connectivity index (χ0) is 19.1. The van der Waals surface area contributed by atoms with Crippen molar-refractivity contribution in [3.8, 4) is 22.5 Å². The molecule has 5 rings (SSSR count). The van der Waals surface area contributed by atoms with Crippen LogP contribution in [0.15, 0.2) is 51.9 Å². The van der Waals surface area contributed by atoms with E-state index in [1.807, 2.05) is 37.3 Å². The van der Waals surface area contributed by atoms with E-state index in [1.54, 1.807) is 0 Å². The molecule has 0 saturated carbocycles. The van der Waals surface area contributed by atoms with Crippen molar-refractivity contribution in [2.24, 2.45) is 0 Å². The number of rotatable bonds is 2. The monoisotopic (exact) mass is 371 g/mol. The highest BCUT2D eigenvalue weighted by Gasteiger charge is 2.17. The van der Waals surface area contributed by atoms with Crippen LogP contribution in [-0.2, 0) is 6.42 Å². The summed E-state index contributed by atoms with van der Waals surface area (Å²) in [6.07, 6.45) is 3.40. The number of fused-ring (bicyclic) bond motifs is 2. The van der Waals surface area contributed by atoms with E-state index in [1.165, 1.54) is 11.9 Å². The van der Waals surface area contributed by atoms with Gasteiger partial charge in [0.25, 0.3) is 0 Å². The molecule has 0 aliphatic carbocycles. The Hall–Kier alpha value is -3.61. The molecule has 0 radical (unpaired) electrons. The van der Waals surface area contributed by atoms with Crippen molar-refractivity contribution >= 4 is 16.7 Å². The van der Waals surface area contributed by atoms with E-state index >= 15 is 0 Å². The van der Waals surface area contributed by atoms with E-state index in [2.05, 4.69) is 31.8 Å². The Balaban J connectivity index is 1.70. The maximum absolute atomic E-state index is 12.8. The Bertz CT molecular complexity index is 1250. The van der Waals surface area contributed by atoms with Gasteiger partial charge in [-0.25, -0.2) is 4.79 Å². The zero-order valence-corrected chi connectivity index (χ0v) is 15.3. The number of nitrogens with zero attached hydrogens (tertiary/aromatic N) is 4. The van der Waals surface area contributed by atoms with Crippen molar-refractivity contribution in [3.63, 3.8) is 0 Å². The quantitative estimate of drug-likeness (QED) is 0.540. The van der Waals surface area contributed by atoms with Gasteiger partial charge in [0.2, 0.25) is 5.82 Å². The first kappa shape index (κ1) is 16.6. The van der Waals surface area contributed by atoms with Crippen LogP contribution in [-0.4, -0.2) is 26.9 Å². The molecule has 1 aliphatic heterocycles. The summed E-state index contributed by atoms with van der Waals surface area (Å²) in [6, 6.07) is 11.6. The van der Waals surface area contributed by atoms with Crippen LogP contribution >= 0.6 is 0 Å². The van der Waals surface area contributed by atoms with Crippen LogP contribution in [0.3, 0.4) is 0 Å². The van der Waals surface area contributed by atoms with E-state index in [0.29, 0.717) is 17.0 Å². The van der Waals surface area contributed by atoms with E-state index in [4.69, 9.17) is 4.42 Å². The third kappa shape index (κ3) is 2.72. The van der Waals surface area contributed by atoms with E-state index in [-0.39, 0.29) is 5.63 Å². The van der Waals surface area contributed by atoms with Crippen LogP contribution in [0.1, 0.15) is 17.5 Å². The van der Waals surface area contributed by atoms with Gasteiger partial charge in [0.15, 0.2) is 6.33 Å². The van der Waals surface area contributed by atoms with Gasteiger partial charge in [-0.1, -0.05) is 18.2 Å². The van der Waals surface area contributed by atoms with E-state index in [9.17, 15) is 4.79 Å². The molecule has 7 nitrogen and oxygen atoms in total. The van der Waals surface area contributed by atoms with Crippen molar-refractivity contribution in [3.05, 3.63) is 64.3 Å². The Labute approximate surface area is 160 Å². The normalized spacial score (nSPS) is 13.2. The maximum atomic E-state index is 12.8. The summed E-state index contributed by atoms with van der Waals surface area (Å²) < 4.78 is 5.69. The maximum Gasteiger partial charge on any atom is 0.344 e. The average molecular weight is 371 g/mol. The van der Waals surface area contributed by atoms with Crippen LogP contribution < -0.4 is 10.9 Å². The first-order valence-corrected chi connectivity index (χ1v) is 9.16. The molecule has 0 fully saturated rings. The lowest BCUT2D eigenvalue weighted by atomic mass is 9.95. The summed E-state index contributed by atoms with van der Waals surface area (Å²) in [4.78, 5) is 12.8.